The van der Waals surface area contributed by atoms with Crippen molar-refractivity contribution in [2.45, 2.75) is 18.9 Å². The topological polar surface area (TPSA) is 121 Å². The Labute approximate surface area is 199 Å². The van der Waals surface area contributed by atoms with Crippen molar-refractivity contribution in [3.63, 3.8) is 0 Å². The average Bonchev–Trinajstić information content (AvgIpc) is 3.46. The molecule has 9 nitrogen and oxygen atoms in total. The van der Waals surface area contributed by atoms with Crippen molar-refractivity contribution in [1.29, 1.82) is 0 Å². The van der Waals surface area contributed by atoms with Crippen LogP contribution in [0, 0.1) is 5.82 Å². The van der Waals surface area contributed by atoms with Gasteiger partial charge in [0.25, 0.3) is 11.8 Å². The summed E-state index contributed by atoms with van der Waals surface area (Å²) in [7, 11) is 1.62. The summed E-state index contributed by atoms with van der Waals surface area (Å²) in [4.78, 5) is 35.4. The number of aliphatic hydroxyl groups is 1. The van der Waals surface area contributed by atoms with Crippen LogP contribution in [0.15, 0.2) is 53.1 Å². The molecule has 1 saturated heterocycles. The number of carbonyl (C=O) groups is 2. The normalized spacial score (nSPS) is 17.8. The van der Waals surface area contributed by atoms with E-state index >= 15 is 0 Å². The van der Waals surface area contributed by atoms with Crippen LogP contribution < -0.4 is 5.32 Å². The van der Waals surface area contributed by atoms with Crippen molar-refractivity contribution in [2.24, 2.45) is 0 Å². The van der Waals surface area contributed by atoms with E-state index in [0.717, 1.165) is 0 Å². The third-order valence-corrected chi connectivity index (χ3v) is 6.06. The molecule has 1 atom stereocenters. The number of nitrogens with one attached hydrogen (secondary N) is 1. The van der Waals surface area contributed by atoms with E-state index in [1.807, 2.05) is 0 Å². The van der Waals surface area contributed by atoms with Crippen LogP contribution in [0.5, 0.6) is 0 Å². The van der Waals surface area contributed by atoms with Crippen LogP contribution in [0.2, 0.25) is 0 Å². The summed E-state index contributed by atoms with van der Waals surface area (Å²) in [5.74, 6) is -0.716. The number of carbonyl (C=O) groups excluding carboxylic acids is 2. The van der Waals surface area contributed by atoms with Crippen LogP contribution >= 0.6 is 0 Å². The molecule has 0 spiro atoms. The molecule has 0 unspecified atom stereocenters. The smallest absolute Gasteiger partial charge is 0.270 e. The second kappa shape index (κ2) is 8.55. The van der Waals surface area contributed by atoms with Crippen LogP contribution in [0.25, 0.3) is 33.6 Å². The number of amides is 2. The molecule has 178 valence electrons. The molecule has 4 aromatic rings. The molecular weight excluding hydrogens is 453 g/mol. The average molecular weight is 475 g/mol. The maximum atomic E-state index is 13.9. The van der Waals surface area contributed by atoms with Crippen molar-refractivity contribution in [3.05, 3.63) is 65.7 Å². The molecular formula is C25H22FN5O4. The summed E-state index contributed by atoms with van der Waals surface area (Å²) < 4.78 is 19.4. The number of fused-ring (bicyclic) bond motifs is 1. The van der Waals surface area contributed by atoms with Crippen LogP contribution in [0.3, 0.4) is 0 Å². The molecule has 2 N–H and O–H groups in total. The summed E-state index contributed by atoms with van der Waals surface area (Å²) in [6.45, 7) is 2.63. The largest absolute Gasteiger partial charge is 0.374 e. The predicted octanol–water partition coefficient (Wildman–Crippen LogP) is 2.89. The zero-order valence-electron chi connectivity index (χ0n) is 19.1. The summed E-state index contributed by atoms with van der Waals surface area (Å²) in [5.41, 5.74) is 0.0307. The van der Waals surface area contributed by atoms with Gasteiger partial charge in [-0.05, 0) is 25.1 Å². The maximum Gasteiger partial charge on any atom is 0.270 e. The highest BCUT2D eigenvalue weighted by atomic mass is 19.1. The second-order valence-electron chi connectivity index (χ2n) is 8.41. The maximum absolute atomic E-state index is 13.9. The predicted molar refractivity (Wildman–Crippen MR) is 125 cm³/mol. The number of halogens is 1. The third kappa shape index (κ3) is 3.91. The Morgan fingerprint density at radius 1 is 1.20 bits per heavy atom. The van der Waals surface area contributed by atoms with E-state index in [9.17, 15) is 19.1 Å². The van der Waals surface area contributed by atoms with Crippen LogP contribution in [-0.2, 0) is 10.4 Å². The number of hydrogen-bond acceptors (Lipinski definition) is 7. The highest BCUT2D eigenvalue weighted by Gasteiger charge is 2.47. The molecule has 3 heterocycles. The van der Waals surface area contributed by atoms with Gasteiger partial charge >= 0.3 is 0 Å². The summed E-state index contributed by atoms with van der Waals surface area (Å²) in [5, 5.41) is 17.9. The van der Waals surface area contributed by atoms with Crippen molar-refractivity contribution in [1.82, 2.24) is 25.3 Å². The molecule has 10 heteroatoms. The second-order valence-corrected chi connectivity index (χ2v) is 8.41. The fourth-order valence-corrected chi connectivity index (χ4v) is 4.16. The van der Waals surface area contributed by atoms with Gasteiger partial charge in [-0.15, -0.1) is 0 Å². The van der Waals surface area contributed by atoms with E-state index in [1.54, 1.807) is 38.2 Å². The summed E-state index contributed by atoms with van der Waals surface area (Å²) >= 11 is 0. The fourth-order valence-electron chi connectivity index (χ4n) is 4.16. The monoisotopic (exact) mass is 475 g/mol. The van der Waals surface area contributed by atoms with E-state index in [0.29, 0.717) is 40.9 Å². The van der Waals surface area contributed by atoms with Gasteiger partial charge in [0.05, 0.1) is 5.52 Å². The number of rotatable bonds is 5. The number of benzene rings is 2. The number of aromatic nitrogens is 3. The van der Waals surface area contributed by atoms with E-state index in [2.05, 4.69) is 20.4 Å². The van der Waals surface area contributed by atoms with Gasteiger partial charge in [-0.3, -0.25) is 9.59 Å². The van der Waals surface area contributed by atoms with Gasteiger partial charge in [-0.25, -0.2) is 14.4 Å². The van der Waals surface area contributed by atoms with Crippen molar-refractivity contribution < 1.29 is 23.6 Å². The number of likely N-dealkylation sites (N-methyl/N-ethyl adjacent to an activating group) is 1. The molecule has 5 rings (SSSR count). The van der Waals surface area contributed by atoms with Crippen LogP contribution in [0.4, 0.5) is 4.39 Å². The van der Waals surface area contributed by atoms with Crippen LogP contribution in [-0.4, -0.2) is 57.1 Å². The van der Waals surface area contributed by atoms with Gasteiger partial charge in [0.2, 0.25) is 0 Å². The molecule has 0 radical (unpaired) electrons. The van der Waals surface area contributed by atoms with Crippen molar-refractivity contribution in [2.75, 3.05) is 20.1 Å². The van der Waals surface area contributed by atoms with Crippen molar-refractivity contribution in [3.8, 4) is 22.7 Å². The molecule has 0 bridgehead atoms. The first kappa shape index (κ1) is 22.6. The van der Waals surface area contributed by atoms with E-state index in [-0.39, 0.29) is 29.5 Å². The SMILES string of the molecule is CCNC(=O)c1nc(-c2cccc(-c3cc([C@]4(O)CCN(C)C4=O)no3)c2)nc2cc(F)ccc12. The lowest BCUT2D eigenvalue weighted by Gasteiger charge is -2.16. The number of nitrogens with zero attached hydrogens (tertiary/aromatic N) is 4. The molecule has 2 amide bonds. The van der Waals surface area contributed by atoms with E-state index in [1.165, 1.54) is 29.2 Å². The first-order valence-electron chi connectivity index (χ1n) is 11.1. The first-order chi connectivity index (χ1) is 16.8. The molecule has 2 aromatic heterocycles. The lowest BCUT2D eigenvalue weighted by molar-refractivity contribution is -0.143. The molecule has 35 heavy (non-hydrogen) atoms. The first-order valence-corrected chi connectivity index (χ1v) is 11.1. The number of hydrogen-bond donors (Lipinski definition) is 2. The zero-order chi connectivity index (χ0) is 24.7. The Hall–Kier alpha value is -4.18. The summed E-state index contributed by atoms with van der Waals surface area (Å²) in [6, 6.07) is 12.5. The lowest BCUT2D eigenvalue weighted by atomic mass is 9.97. The minimum atomic E-state index is -1.72. The zero-order valence-corrected chi connectivity index (χ0v) is 19.1. The Morgan fingerprint density at radius 3 is 2.74 bits per heavy atom. The van der Waals surface area contributed by atoms with E-state index in [4.69, 9.17) is 4.52 Å². The molecule has 0 aliphatic carbocycles. The van der Waals surface area contributed by atoms with Gasteiger partial charge in [-0.1, -0.05) is 23.4 Å². The Kier molecular flexibility index (Phi) is 5.52. The molecule has 1 fully saturated rings. The summed E-state index contributed by atoms with van der Waals surface area (Å²) in [6.07, 6.45) is 0.221. The lowest BCUT2D eigenvalue weighted by Crippen LogP contribution is -2.36. The Morgan fingerprint density at radius 2 is 2.00 bits per heavy atom. The van der Waals surface area contributed by atoms with Gasteiger partial charge in [-0.2, -0.15) is 0 Å². The third-order valence-electron chi connectivity index (χ3n) is 6.06. The highest BCUT2D eigenvalue weighted by molar-refractivity contribution is 6.04. The molecule has 0 saturated carbocycles. The minimum Gasteiger partial charge on any atom is -0.374 e. The highest BCUT2D eigenvalue weighted by Crippen LogP contribution is 2.35. The standard InChI is InChI=1S/C25H22FN5O4/c1-3-27-23(32)21-17-8-7-16(26)12-18(17)28-22(29-21)15-6-4-5-14(11-15)19-13-20(30-35-19)25(34)9-10-31(2)24(25)33/h4-8,11-13,34H,3,9-10H2,1-2H3,(H,27,32)/t25-/m1/s1. The van der Waals surface area contributed by atoms with Gasteiger partial charge < -0.3 is 19.8 Å². The Bertz CT molecular complexity index is 1470. The van der Waals surface area contributed by atoms with Crippen LogP contribution in [0.1, 0.15) is 29.5 Å². The molecule has 1 aliphatic heterocycles. The van der Waals surface area contributed by atoms with Gasteiger partial charge in [0.15, 0.2) is 17.2 Å². The Balaban J connectivity index is 1.56. The van der Waals surface area contributed by atoms with E-state index < -0.39 is 17.3 Å². The quantitative estimate of drug-likeness (QED) is 0.455. The number of likely N-dealkylation sites (tertiary alicyclic amines) is 1. The van der Waals surface area contributed by atoms with Crippen molar-refractivity contribution >= 4 is 22.7 Å². The van der Waals surface area contributed by atoms with Gasteiger partial charge in [0, 0.05) is 55.2 Å². The molecule has 1 aliphatic rings. The van der Waals surface area contributed by atoms with Gasteiger partial charge in [0.1, 0.15) is 17.2 Å². The minimum absolute atomic E-state index is 0.142. The molecule has 2 aromatic carbocycles. The fraction of sp³-hybridized carbons (Fsp3) is 0.240.